The average Bonchev–Trinajstić information content (AvgIpc) is 2.83. The number of nitrogens with one attached hydrogen (secondary N) is 2. The molecule has 0 aliphatic carbocycles. The van der Waals surface area contributed by atoms with Crippen molar-refractivity contribution in [2.45, 2.75) is 19.9 Å². The number of hydrogen-bond donors (Lipinski definition) is 3. The highest BCUT2D eigenvalue weighted by Gasteiger charge is 2.17. The maximum absolute atomic E-state index is 12.2. The van der Waals surface area contributed by atoms with Crippen LogP contribution in [0.4, 0.5) is 5.13 Å². The minimum Gasteiger partial charge on any atom is -0.507 e. The highest BCUT2D eigenvalue weighted by Crippen LogP contribution is 2.26. The van der Waals surface area contributed by atoms with E-state index in [1.54, 1.807) is 12.1 Å². The number of anilines is 1. The topological polar surface area (TPSA) is 74.2 Å². The first kappa shape index (κ1) is 13.1. The van der Waals surface area contributed by atoms with Crippen LogP contribution >= 0.6 is 11.3 Å². The maximum Gasteiger partial charge on any atom is 0.261 e. The summed E-state index contributed by atoms with van der Waals surface area (Å²) in [5.74, 6) is -0.346. The van der Waals surface area contributed by atoms with Crippen LogP contribution < -0.4 is 10.6 Å². The molecule has 104 valence electrons. The molecule has 0 saturated carbocycles. The fraction of sp³-hybridized carbons (Fsp3) is 0.286. The van der Waals surface area contributed by atoms with Gasteiger partial charge in [0.2, 0.25) is 0 Å². The lowest BCUT2D eigenvalue weighted by atomic mass is 10.1. The predicted octanol–water partition coefficient (Wildman–Crippen LogP) is 2.06. The Morgan fingerprint density at radius 2 is 2.35 bits per heavy atom. The third-order valence-corrected chi connectivity index (χ3v) is 4.23. The van der Waals surface area contributed by atoms with Crippen LogP contribution in [-0.2, 0) is 13.0 Å². The summed E-state index contributed by atoms with van der Waals surface area (Å²) in [4.78, 5) is 17.8. The van der Waals surface area contributed by atoms with Gasteiger partial charge in [0.25, 0.3) is 5.91 Å². The van der Waals surface area contributed by atoms with Crippen LogP contribution in [0.15, 0.2) is 18.2 Å². The zero-order valence-electron chi connectivity index (χ0n) is 11.1. The van der Waals surface area contributed by atoms with Crippen molar-refractivity contribution in [1.29, 1.82) is 0 Å². The lowest BCUT2D eigenvalue weighted by Gasteiger charge is -2.09. The van der Waals surface area contributed by atoms with E-state index in [2.05, 4.69) is 15.6 Å². The number of aromatic hydroxyl groups is 1. The van der Waals surface area contributed by atoms with E-state index < -0.39 is 0 Å². The fourth-order valence-corrected chi connectivity index (χ4v) is 3.15. The van der Waals surface area contributed by atoms with Gasteiger partial charge in [-0.2, -0.15) is 0 Å². The molecule has 20 heavy (non-hydrogen) atoms. The van der Waals surface area contributed by atoms with Gasteiger partial charge >= 0.3 is 0 Å². The summed E-state index contributed by atoms with van der Waals surface area (Å²) in [7, 11) is 0. The van der Waals surface area contributed by atoms with Gasteiger partial charge in [-0.15, -0.1) is 11.3 Å². The van der Waals surface area contributed by atoms with Gasteiger partial charge in [-0.1, -0.05) is 11.6 Å². The molecular weight excluding hydrogens is 274 g/mol. The van der Waals surface area contributed by atoms with E-state index >= 15 is 0 Å². The number of aromatic nitrogens is 1. The number of benzene rings is 1. The van der Waals surface area contributed by atoms with Crippen LogP contribution in [0.25, 0.3) is 0 Å². The number of nitrogens with zero attached hydrogens (tertiary/aromatic N) is 1. The van der Waals surface area contributed by atoms with Gasteiger partial charge in [-0.3, -0.25) is 10.1 Å². The molecule has 0 saturated heterocycles. The number of phenols is 1. The molecule has 3 rings (SSSR count). The minimum absolute atomic E-state index is 0.0175. The van der Waals surface area contributed by atoms with E-state index in [-0.39, 0.29) is 17.2 Å². The van der Waals surface area contributed by atoms with Crippen molar-refractivity contribution in [3.63, 3.8) is 0 Å². The van der Waals surface area contributed by atoms with Crippen molar-refractivity contribution in [2.24, 2.45) is 0 Å². The third kappa shape index (κ3) is 2.52. The molecule has 0 unspecified atom stereocenters. The molecule has 1 aliphatic heterocycles. The first-order chi connectivity index (χ1) is 9.63. The summed E-state index contributed by atoms with van der Waals surface area (Å²) < 4.78 is 0. The first-order valence-electron chi connectivity index (χ1n) is 6.44. The Hall–Kier alpha value is -1.92. The third-order valence-electron chi connectivity index (χ3n) is 3.22. The lowest BCUT2D eigenvalue weighted by molar-refractivity contribution is 0.102. The molecule has 2 heterocycles. The molecule has 0 spiro atoms. The van der Waals surface area contributed by atoms with Crippen molar-refractivity contribution in [1.82, 2.24) is 10.3 Å². The van der Waals surface area contributed by atoms with Crippen LogP contribution in [0.5, 0.6) is 5.75 Å². The van der Waals surface area contributed by atoms with E-state index in [4.69, 9.17) is 0 Å². The molecule has 2 aromatic rings. The molecule has 1 amide bonds. The van der Waals surface area contributed by atoms with E-state index in [1.807, 2.05) is 6.92 Å². The summed E-state index contributed by atoms with van der Waals surface area (Å²) in [6, 6.07) is 4.96. The van der Waals surface area contributed by atoms with Crippen molar-refractivity contribution in [2.75, 3.05) is 11.9 Å². The zero-order chi connectivity index (χ0) is 14.1. The number of phenolic OH excluding ortho intramolecular Hbond substituents is 1. The maximum atomic E-state index is 12.2. The Balaban J connectivity index is 1.82. The van der Waals surface area contributed by atoms with Gasteiger partial charge in [0.15, 0.2) is 5.13 Å². The molecule has 1 aromatic heterocycles. The van der Waals surface area contributed by atoms with E-state index in [0.29, 0.717) is 5.13 Å². The van der Waals surface area contributed by atoms with E-state index in [1.165, 1.54) is 22.3 Å². The second kappa shape index (κ2) is 5.22. The number of carbonyl (C=O) groups excluding carboxylic acids is 1. The fourth-order valence-electron chi connectivity index (χ4n) is 2.18. The molecule has 1 aliphatic rings. The molecule has 6 heteroatoms. The average molecular weight is 289 g/mol. The Bertz CT molecular complexity index is 643. The van der Waals surface area contributed by atoms with Crippen molar-refractivity contribution >= 4 is 22.4 Å². The summed E-state index contributed by atoms with van der Waals surface area (Å²) >= 11 is 1.48. The number of aryl methyl sites for hydroxylation is 1. The smallest absolute Gasteiger partial charge is 0.261 e. The van der Waals surface area contributed by atoms with Crippen LogP contribution in [0.2, 0.25) is 0 Å². The zero-order valence-corrected chi connectivity index (χ0v) is 11.9. The highest BCUT2D eigenvalue weighted by molar-refractivity contribution is 7.15. The quantitative estimate of drug-likeness (QED) is 0.791. The van der Waals surface area contributed by atoms with Gasteiger partial charge in [0.1, 0.15) is 5.75 Å². The van der Waals surface area contributed by atoms with Crippen LogP contribution in [0.1, 0.15) is 26.5 Å². The molecule has 0 bridgehead atoms. The Morgan fingerprint density at radius 1 is 1.50 bits per heavy atom. The van der Waals surface area contributed by atoms with Gasteiger partial charge in [-0.25, -0.2) is 4.98 Å². The number of carbonyl (C=O) groups is 1. The molecule has 5 nitrogen and oxygen atoms in total. The summed E-state index contributed by atoms with van der Waals surface area (Å²) in [6.45, 7) is 3.60. The normalized spacial score (nSPS) is 13.8. The van der Waals surface area contributed by atoms with Gasteiger partial charge in [0.05, 0.1) is 11.3 Å². The Morgan fingerprint density at radius 3 is 3.15 bits per heavy atom. The van der Waals surface area contributed by atoms with Crippen molar-refractivity contribution in [3.05, 3.63) is 39.9 Å². The second-order valence-corrected chi connectivity index (χ2v) is 5.87. The van der Waals surface area contributed by atoms with E-state index in [0.717, 1.165) is 30.8 Å². The summed E-state index contributed by atoms with van der Waals surface area (Å²) in [5.41, 5.74) is 2.25. The van der Waals surface area contributed by atoms with Crippen LogP contribution in [-0.4, -0.2) is 22.5 Å². The first-order valence-corrected chi connectivity index (χ1v) is 7.25. The van der Waals surface area contributed by atoms with Gasteiger partial charge in [0, 0.05) is 24.4 Å². The monoisotopic (exact) mass is 289 g/mol. The number of rotatable bonds is 2. The van der Waals surface area contributed by atoms with Crippen molar-refractivity contribution < 1.29 is 9.90 Å². The van der Waals surface area contributed by atoms with Crippen LogP contribution in [0.3, 0.4) is 0 Å². The molecule has 0 fully saturated rings. The number of hydrogen-bond acceptors (Lipinski definition) is 5. The van der Waals surface area contributed by atoms with Crippen molar-refractivity contribution in [3.8, 4) is 5.75 Å². The van der Waals surface area contributed by atoms with E-state index in [9.17, 15) is 9.90 Å². The Kier molecular flexibility index (Phi) is 3.42. The van der Waals surface area contributed by atoms with Gasteiger partial charge < -0.3 is 10.4 Å². The molecule has 1 aromatic carbocycles. The van der Waals surface area contributed by atoms with Crippen LogP contribution in [0, 0.1) is 6.92 Å². The highest BCUT2D eigenvalue weighted by atomic mass is 32.1. The summed E-state index contributed by atoms with van der Waals surface area (Å²) in [6.07, 6.45) is 0.886. The molecular formula is C14H15N3O2S. The number of amides is 1. The summed E-state index contributed by atoms with van der Waals surface area (Å²) in [5, 5.41) is 16.4. The minimum atomic E-state index is -0.328. The number of fused-ring (bicyclic) bond motifs is 1. The predicted molar refractivity (Wildman–Crippen MR) is 78.3 cm³/mol. The lowest BCUT2D eigenvalue weighted by Crippen LogP contribution is -2.22. The van der Waals surface area contributed by atoms with Gasteiger partial charge in [-0.05, 0) is 19.1 Å². The molecule has 0 atom stereocenters. The Labute approximate surface area is 120 Å². The molecule has 3 N–H and O–H groups in total. The second-order valence-electron chi connectivity index (χ2n) is 4.79. The number of thiazole rings is 1. The largest absolute Gasteiger partial charge is 0.507 e. The molecule has 0 radical (unpaired) electrons. The standard InChI is InChI=1S/C14H15N3O2S/c1-8-2-3-11(18)9(6-8)13(19)17-14-16-10-4-5-15-7-12(10)20-14/h2-3,6,15,18H,4-5,7H2,1H3,(H,16,17,19). The SMILES string of the molecule is Cc1ccc(O)c(C(=O)Nc2nc3c(s2)CNCC3)c1.